The maximum atomic E-state index is 5.51. The molecule has 2 heteroatoms. The third-order valence-electron chi connectivity index (χ3n) is 13.1. The van der Waals surface area contributed by atoms with Crippen molar-refractivity contribution in [3.8, 4) is 89.5 Å². The van der Waals surface area contributed by atoms with Gasteiger partial charge in [0.25, 0.3) is 0 Å². The highest BCUT2D eigenvalue weighted by Crippen LogP contribution is 2.56. The first-order valence-corrected chi connectivity index (χ1v) is 21.0. The van der Waals surface area contributed by atoms with E-state index in [9.17, 15) is 0 Å². The van der Waals surface area contributed by atoms with Crippen LogP contribution in [0.4, 0.5) is 0 Å². The van der Waals surface area contributed by atoms with Gasteiger partial charge in [-0.3, -0.25) is 0 Å². The lowest BCUT2D eigenvalue weighted by molar-refractivity contribution is 0.652. The predicted molar refractivity (Wildman–Crippen MR) is 250 cm³/mol. The number of benzene rings is 8. The third kappa shape index (κ3) is 5.70. The molecule has 60 heavy (non-hydrogen) atoms. The second-order valence-corrected chi connectivity index (χ2v) is 17.4. The van der Waals surface area contributed by atoms with Crippen LogP contribution in [0.5, 0.6) is 0 Å². The van der Waals surface area contributed by atoms with E-state index in [0.717, 1.165) is 56.2 Å². The summed E-state index contributed by atoms with van der Waals surface area (Å²) in [5, 5.41) is 0. The molecule has 0 spiro atoms. The van der Waals surface area contributed by atoms with Crippen LogP contribution >= 0.6 is 0 Å². The molecule has 0 saturated carbocycles. The molecule has 8 aromatic carbocycles. The average molecular weight is 769 g/mol. The van der Waals surface area contributed by atoms with Crippen LogP contribution in [0.1, 0.15) is 49.9 Å². The number of nitrogens with zero attached hydrogens (tertiary/aromatic N) is 2. The Morgan fingerprint density at radius 1 is 0.250 bits per heavy atom. The van der Waals surface area contributed by atoms with E-state index in [1.807, 2.05) is 18.2 Å². The van der Waals surface area contributed by atoms with E-state index >= 15 is 0 Å². The molecular weight excluding hydrogens is 725 g/mol. The van der Waals surface area contributed by atoms with Gasteiger partial charge in [-0.15, -0.1) is 0 Å². The van der Waals surface area contributed by atoms with Crippen LogP contribution in [0, 0.1) is 0 Å². The Labute approximate surface area is 353 Å². The Hall–Kier alpha value is -7.16. The Morgan fingerprint density at radius 2 is 0.600 bits per heavy atom. The fourth-order valence-electron chi connectivity index (χ4n) is 9.86. The summed E-state index contributed by atoms with van der Waals surface area (Å²) < 4.78 is 0. The topological polar surface area (TPSA) is 25.8 Å². The van der Waals surface area contributed by atoms with Gasteiger partial charge in [-0.25, -0.2) is 9.97 Å². The Kier molecular flexibility index (Phi) is 8.22. The van der Waals surface area contributed by atoms with Crippen LogP contribution in [0.3, 0.4) is 0 Å². The van der Waals surface area contributed by atoms with E-state index < -0.39 is 0 Å². The molecule has 0 saturated heterocycles. The van der Waals surface area contributed by atoms with Crippen molar-refractivity contribution in [1.29, 1.82) is 0 Å². The zero-order chi connectivity index (χ0) is 40.6. The van der Waals surface area contributed by atoms with Gasteiger partial charge in [0.15, 0.2) is 0 Å². The molecule has 0 unspecified atom stereocenters. The first kappa shape index (κ1) is 36.0. The van der Waals surface area contributed by atoms with E-state index in [1.54, 1.807) is 0 Å². The van der Waals surface area contributed by atoms with Crippen molar-refractivity contribution in [3.05, 3.63) is 216 Å². The predicted octanol–water partition coefficient (Wildman–Crippen LogP) is 15.1. The van der Waals surface area contributed by atoms with Gasteiger partial charge in [0.1, 0.15) is 0 Å². The summed E-state index contributed by atoms with van der Waals surface area (Å²) in [5.74, 6) is 0. The maximum absolute atomic E-state index is 5.51. The summed E-state index contributed by atoms with van der Waals surface area (Å²) in [4.78, 5) is 11.0. The third-order valence-corrected chi connectivity index (χ3v) is 13.1. The standard InChI is InChI=1S/C58H44N2/c1-57(2)49-29-15-14-28-45(49)47-35-52-48(36-51(47)57)46-31-30-43(34-50(46)58(52,3)4)41-25-16-24-40(32-41)42-26-17-27-44(33-42)56-55(39-22-12-7-13-23-39)59-53(37-18-8-5-9-19-37)54(60-56)38-20-10-6-11-21-38/h5-36H,1-4H3. The van der Waals surface area contributed by atoms with Crippen molar-refractivity contribution in [2.45, 2.75) is 38.5 Å². The number of rotatable bonds is 6. The molecule has 11 rings (SSSR count). The maximum Gasteiger partial charge on any atom is 0.0973 e. The summed E-state index contributed by atoms with van der Waals surface area (Å²) in [6.07, 6.45) is 0. The van der Waals surface area contributed by atoms with E-state index in [0.29, 0.717) is 0 Å². The molecule has 2 aliphatic rings. The molecule has 0 bridgehead atoms. The van der Waals surface area contributed by atoms with Crippen molar-refractivity contribution in [1.82, 2.24) is 9.97 Å². The van der Waals surface area contributed by atoms with Gasteiger partial charge in [0, 0.05) is 33.1 Å². The van der Waals surface area contributed by atoms with Crippen LogP contribution in [0.2, 0.25) is 0 Å². The molecule has 286 valence electrons. The summed E-state index contributed by atoms with van der Waals surface area (Å²) in [6.45, 7) is 9.53. The van der Waals surface area contributed by atoms with Crippen molar-refractivity contribution in [2.75, 3.05) is 0 Å². The molecule has 0 fully saturated rings. The van der Waals surface area contributed by atoms with E-state index in [1.165, 1.54) is 55.6 Å². The quantitative estimate of drug-likeness (QED) is 0.168. The molecule has 2 nitrogen and oxygen atoms in total. The molecule has 2 aliphatic carbocycles. The Balaban J connectivity index is 0.994. The van der Waals surface area contributed by atoms with Gasteiger partial charge in [-0.2, -0.15) is 0 Å². The lowest BCUT2D eigenvalue weighted by Crippen LogP contribution is -2.17. The first-order valence-electron chi connectivity index (χ1n) is 21.0. The van der Waals surface area contributed by atoms with Crippen molar-refractivity contribution in [3.63, 3.8) is 0 Å². The first-order chi connectivity index (χ1) is 29.3. The van der Waals surface area contributed by atoms with Gasteiger partial charge in [0.05, 0.1) is 22.8 Å². The number of hydrogen-bond acceptors (Lipinski definition) is 2. The monoisotopic (exact) mass is 768 g/mol. The highest BCUT2D eigenvalue weighted by molar-refractivity contribution is 5.92. The summed E-state index contributed by atoms with van der Waals surface area (Å²) in [5.41, 5.74) is 23.3. The van der Waals surface area contributed by atoms with Gasteiger partial charge >= 0.3 is 0 Å². The van der Waals surface area contributed by atoms with E-state index in [2.05, 4.69) is 204 Å². The zero-order valence-electron chi connectivity index (χ0n) is 34.4. The van der Waals surface area contributed by atoms with Crippen LogP contribution in [0.25, 0.3) is 89.5 Å². The van der Waals surface area contributed by atoms with Crippen LogP contribution in [-0.4, -0.2) is 9.97 Å². The molecule has 0 atom stereocenters. The van der Waals surface area contributed by atoms with Gasteiger partial charge in [-0.05, 0) is 97.1 Å². The largest absolute Gasteiger partial charge is 0.243 e. The fraction of sp³-hybridized carbons (Fsp3) is 0.103. The Morgan fingerprint density at radius 3 is 1.12 bits per heavy atom. The molecular formula is C58H44N2. The molecule has 0 N–H and O–H groups in total. The minimum absolute atomic E-state index is 0.0307. The van der Waals surface area contributed by atoms with Crippen LogP contribution in [0.15, 0.2) is 194 Å². The molecule has 1 heterocycles. The smallest absolute Gasteiger partial charge is 0.0973 e. The van der Waals surface area contributed by atoms with Crippen LogP contribution < -0.4 is 0 Å². The Bertz CT molecular complexity index is 3120. The number of fused-ring (bicyclic) bond motifs is 6. The molecule has 0 amide bonds. The normalized spacial score (nSPS) is 13.9. The summed E-state index contributed by atoms with van der Waals surface area (Å²) >= 11 is 0. The van der Waals surface area contributed by atoms with Gasteiger partial charge in [-0.1, -0.05) is 191 Å². The zero-order valence-corrected chi connectivity index (χ0v) is 34.4. The minimum atomic E-state index is -0.129. The van der Waals surface area contributed by atoms with Gasteiger partial charge in [0.2, 0.25) is 0 Å². The van der Waals surface area contributed by atoms with Crippen molar-refractivity contribution < 1.29 is 0 Å². The van der Waals surface area contributed by atoms with Gasteiger partial charge < -0.3 is 0 Å². The number of hydrogen-bond donors (Lipinski definition) is 0. The lowest BCUT2D eigenvalue weighted by atomic mass is 9.79. The number of aromatic nitrogens is 2. The second-order valence-electron chi connectivity index (χ2n) is 17.4. The molecule has 9 aromatic rings. The van der Waals surface area contributed by atoms with E-state index in [4.69, 9.17) is 9.97 Å². The second kappa shape index (κ2) is 13.7. The molecule has 0 aliphatic heterocycles. The van der Waals surface area contributed by atoms with E-state index in [-0.39, 0.29) is 10.8 Å². The van der Waals surface area contributed by atoms with Crippen molar-refractivity contribution >= 4 is 0 Å². The lowest BCUT2D eigenvalue weighted by Gasteiger charge is -2.24. The highest BCUT2D eigenvalue weighted by atomic mass is 14.9. The minimum Gasteiger partial charge on any atom is -0.243 e. The molecule has 0 radical (unpaired) electrons. The fourth-order valence-corrected chi connectivity index (χ4v) is 9.86. The van der Waals surface area contributed by atoms with Crippen LogP contribution in [-0.2, 0) is 10.8 Å². The summed E-state index contributed by atoms with van der Waals surface area (Å²) in [7, 11) is 0. The summed E-state index contributed by atoms with van der Waals surface area (Å²) in [6, 6.07) is 70.1. The SMILES string of the molecule is CC1(C)c2ccccc2-c2cc3c(cc21)-c1ccc(-c2cccc(-c4cccc(-c5nc(-c6ccccc6)c(-c6ccccc6)nc5-c5ccccc5)c4)c2)cc1C3(C)C. The molecule has 1 aromatic heterocycles. The highest BCUT2D eigenvalue weighted by Gasteiger charge is 2.41. The average Bonchev–Trinajstić information content (AvgIpc) is 3.67. The van der Waals surface area contributed by atoms with Crippen molar-refractivity contribution in [2.24, 2.45) is 0 Å².